The Morgan fingerprint density at radius 2 is 2.25 bits per heavy atom. The number of benzene rings is 1. The van der Waals surface area contributed by atoms with Gasteiger partial charge in [-0.3, -0.25) is 0 Å². The van der Waals surface area contributed by atoms with Gasteiger partial charge in [-0.05, 0) is 6.07 Å². The minimum atomic E-state index is -0.744. The molecule has 0 fully saturated rings. The lowest BCUT2D eigenvalue weighted by atomic mass is 10.2. The highest BCUT2D eigenvalue weighted by Crippen LogP contribution is 2.19. The van der Waals surface area contributed by atoms with Crippen molar-refractivity contribution in [3.8, 4) is 6.07 Å². The number of hydrogen-bond donors (Lipinski definition) is 1. The fraction of sp³-hybridized carbons (Fsp3) is 0.154. The van der Waals surface area contributed by atoms with Crippen molar-refractivity contribution in [1.29, 1.82) is 5.26 Å². The van der Waals surface area contributed by atoms with Crippen LogP contribution in [0.15, 0.2) is 24.3 Å². The highest BCUT2D eigenvalue weighted by Gasteiger charge is 2.22. The van der Waals surface area contributed by atoms with Crippen LogP contribution in [0.25, 0.3) is 0 Å². The predicted octanol–water partition coefficient (Wildman–Crippen LogP) is 1.31. The molecule has 20 heavy (non-hydrogen) atoms. The minimum Gasteiger partial charge on any atom is -0.464 e. The highest BCUT2D eigenvalue weighted by molar-refractivity contribution is 5.94. The number of nitriles is 1. The third-order valence-corrected chi connectivity index (χ3v) is 2.75. The van der Waals surface area contributed by atoms with Crippen LogP contribution in [-0.2, 0) is 11.3 Å². The molecule has 0 radical (unpaired) electrons. The first-order valence-electron chi connectivity index (χ1n) is 5.66. The SMILES string of the molecule is COC(=O)c1nn(Cc2ccccc2F)c(C#N)c1N. The Bertz CT molecular complexity index is 703. The number of hydrogen-bond acceptors (Lipinski definition) is 5. The number of rotatable bonds is 3. The van der Waals surface area contributed by atoms with E-state index in [2.05, 4.69) is 9.84 Å². The van der Waals surface area contributed by atoms with Gasteiger partial charge in [-0.1, -0.05) is 18.2 Å². The van der Waals surface area contributed by atoms with Crippen LogP contribution in [0.4, 0.5) is 10.1 Å². The summed E-state index contributed by atoms with van der Waals surface area (Å²) in [6.07, 6.45) is 0. The molecule has 1 aromatic heterocycles. The minimum absolute atomic E-state index is 0.00321. The Labute approximate surface area is 114 Å². The molecule has 6 nitrogen and oxygen atoms in total. The van der Waals surface area contributed by atoms with E-state index in [-0.39, 0.29) is 23.6 Å². The number of halogens is 1. The molecule has 0 amide bonds. The number of carbonyl (C=O) groups is 1. The highest BCUT2D eigenvalue weighted by atomic mass is 19.1. The van der Waals surface area contributed by atoms with E-state index < -0.39 is 11.8 Å². The Hall–Kier alpha value is -2.88. The molecular formula is C13H11FN4O2. The van der Waals surface area contributed by atoms with Gasteiger partial charge in [0.1, 0.15) is 17.6 Å². The molecule has 0 aliphatic heterocycles. The molecule has 0 aliphatic carbocycles. The van der Waals surface area contributed by atoms with Crippen molar-refractivity contribution < 1.29 is 13.9 Å². The zero-order valence-electron chi connectivity index (χ0n) is 10.6. The van der Waals surface area contributed by atoms with Crippen LogP contribution >= 0.6 is 0 Å². The first-order chi connectivity index (χ1) is 9.58. The predicted molar refractivity (Wildman–Crippen MR) is 68.2 cm³/mol. The van der Waals surface area contributed by atoms with Gasteiger partial charge in [-0.15, -0.1) is 0 Å². The second-order valence-electron chi connectivity index (χ2n) is 3.96. The van der Waals surface area contributed by atoms with Crippen molar-refractivity contribution in [3.63, 3.8) is 0 Å². The molecule has 2 rings (SSSR count). The molecule has 0 saturated carbocycles. The largest absolute Gasteiger partial charge is 0.464 e. The molecule has 0 saturated heterocycles. The van der Waals surface area contributed by atoms with Gasteiger partial charge < -0.3 is 10.5 Å². The summed E-state index contributed by atoms with van der Waals surface area (Å²) in [5, 5.41) is 13.0. The summed E-state index contributed by atoms with van der Waals surface area (Å²) in [7, 11) is 1.18. The molecule has 7 heteroatoms. The normalized spacial score (nSPS) is 10.1. The van der Waals surface area contributed by atoms with E-state index in [1.165, 1.54) is 17.9 Å². The lowest BCUT2D eigenvalue weighted by molar-refractivity contribution is 0.0594. The van der Waals surface area contributed by atoms with Gasteiger partial charge in [0.25, 0.3) is 0 Å². The summed E-state index contributed by atoms with van der Waals surface area (Å²) in [4.78, 5) is 11.5. The molecule has 2 N–H and O–H groups in total. The van der Waals surface area contributed by atoms with Crippen molar-refractivity contribution in [2.75, 3.05) is 12.8 Å². The molecular weight excluding hydrogens is 263 g/mol. The molecule has 0 atom stereocenters. The Morgan fingerprint density at radius 1 is 1.55 bits per heavy atom. The lowest BCUT2D eigenvalue weighted by Crippen LogP contribution is -2.08. The van der Waals surface area contributed by atoms with Gasteiger partial charge in [0.15, 0.2) is 11.4 Å². The maximum absolute atomic E-state index is 13.6. The van der Waals surface area contributed by atoms with Crippen molar-refractivity contribution in [2.24, 2.45) is 0 Å². The Morgan fingerprint density at radius 3 is 2.85 bits per heavy atom. The molecule has 0 spiro atoms. The third kappa shape index (κ3) is 2.31. The summed E-state index contributed by atoms with van der Waals surface area (Å²) in [6, 6.07) is 7.93. The zero-order valence-corrected chi connectivity index (χ0v) is 10.6. The van der Waals surface area contributed by atoms with Crippen molar-refractivity contribution in [2.45, 2.75) is 6.54 Å². The zero-order chi connectivity index (χ0) is 14.7. The Balaban J connectivity index is 2.45. The number of aromatic nitrogens is 2. The van der Waals surface area contributed by atoms with Crippen LogP contribution in [0.2, 0.25) is 0 Å². The van der Waals surface area contributed by atoms with Crippen molar-refractivity contribution in [3.05, 3.63) is 47.0 Å². The maximum Gasteiger partial charge on any atom is 0.360 e. The fourth-order valence-electron chi connectivity index (χ4n) is 1.74. The van der Waals surface area contributed by atoms with E-state index in [0.29, 0.717) is 5.56 Å². The summed E-state index contributed by atoms with van der Waals surface area (Å²) < 4.78 is 19.3. The molecule has 2 aromatic rings. The smallest absolute Gasteiger partial charge is 0.360 e. The third-order valence-electron chi connectivity index (χ3n) is 2.75. The van der Waals surface area contributed by atoms with Crippen LogP contribution in [0, 0.1) is 17.1 Å². The number of anilines is 1. The number of nitrogens with two attached hydrogens (primary N) is 1. The molecule has 0 unspecified atom stereocenters. The number of methoxy groups -OCH3 is 1. The van der Waals surface area contributed by atoms with E-state index in [0.717, 1.165) is 0 Å². The van der Waals surface area contributed by atoms with Gasteiger partial charge >= 0.3 is 5.97 Å². The number of ether oxygens (including phenoxy) is 1. The monoisotopic (exact) mass is 274 g/mol. The number of esters is 1. The lowest BCUT2D eigenvalue weighted by Gasteiger charge is -2.04. The quantitative estimate of drug-likeness (QED) is 0.851. The molecule has 0 aliphatic rings. The van der Waals surface area contributed by atoms with Crippen LogP contribution in [0.3, 0.4) is 0 Å². The number of carbonyl (C=O) groups excluding carboxylic acids is 1. The molecule has 102 valence electrons. The van der Waals surface area contributed by atoms with Crippen LogP contribution in [0.5, 0.6) is 0 Å². The van der Waals surface area contributed by atoms with E-state index in [1.54, 1.807) is 18.2 Å². The van der Waals surface area contributed by atoms with Crippen molar-refractivity contribution >= 4 is 11.7 Å². The van der Waals surface area contributed by atoms with Gasteiger partial charge in [0, 0.05) is 5.56 Å². The van der Waals surface area contributed by atoms with Gasteiger partial charge in [-0.25, -0.2) is 13.9 Å². The number of nitrogen functional groups attached to an aromatic ring is 1. The van der Waals surface area contributed by atoms with E-state index in [4.69, 9.17) is 11.0 Å². The molecule has 1 heterocycles. The van der Waals surface area contributed by atoms with Crippen LogP contribution < -0.4 is 5.73 Å². The fourth-order valence-corrected chi connectivity index (χ4v) is 1.74. The average molecular weight is 274 g/mol. The summed E-state index contributed by atoms with van der Waals surface area (Å²) in [5.74, 6) is -1.17. The summed E-state index contributed by atoms with van der Waals surface area (Å²) in [5.41, 5.74) is 5.79. The summed E-state index contributed by atoms with van der Waals surface area (Å²) >= 11 is 0. The molecule has 0 bridgehead atoms. The second kappa shape index (κ2) is 5.40. The van der Waals surface area contributed by atoms with Gasteiger partial charge in [0.05, 0.1) is 13.7 Å². The summed E-state index contributed by atoms with van der Waals surface area (Å²) in [6.45, 7) is -0.00321. The van der Waals surface area contributed by atoms with Gasteiger partial charge in [-0.2, -0.15) is 10.4 Å². The van der Waals surface area contributed by atoms with Crippen molar-refractivity contribution in [1.82, 2.24) is 9.78 Å². The molecule has 1 aromatic carbocycles. The first-order valence-corrected chi connectivity index (χ1v) is 5.66. The first kappa shape index (κ1) is 13.5. The number of nitrogens with zero attached hydrogens (tertiary/aromatic N) is 3. The van der Waals surface area contributed by atoms with Gasteiger partial charge in [0.2, 0.25) is 0 Å². The average Bonchev–Trinajstić information content (AvgIpc) is 2.76. The van der Waals surface area contributed by atoms with Crippen LogP contribution in [0.1, 0.15) is 21.7 Å². The van der Waals surface area contributed by atoms with E-state index >= 15 is 0 Å². The Kier molecular flexibility index (Phi) is 3.66. The van der Waals surface area contributed by atoms with E-state index in [9.17, 15) is 9.18 Å². The second-order valence-corrected chi connectivity index (χ2v) is 3.96. The van der Waals surface area contributed by atoms with E-state index in [1.807, 2.05) is 6.07 Å². The standard InChI is InChI=1S/C13H11FN4O2/c1-20-13(19)12-11(16)10(6-15)18(17-12)7-8-4-2-3-5-9(8)14/h2-5H,7,16H2,1H3. The van der Waals surface area contributed by atoms with Crippen LogP contribution in [-0.4, -0.2) is 22.9 Å². The maximum atomic E-state index is 13.6. The topological polar surface area (TPSA) is 93.9 Å².